The first-order chi connectivity index (χ1) is 14.0. The lowest BCUT2D eigenvalue weighted by molar-refractivity contribution is -0.163. The lowest BCUT2D eigenvalue weighted by Crippen LogP contribution is -2.67. The number of carbonyl (C=O) groups excluding carboxylic acids is 4. The molecule has 0 aliphatic carbocycles. The van der Waals surface area contributed by atoms with Crippen LogP contribution in [0.25, 0.3) is 0 Å². The molecule has 8 heteroatoms. The van der Waals surface area contributed by atoms with Gasteiger partial charge in [-0.15, -0.1) is 0 Å². The second-order valence-corrected chi connectivity index (χ2v) is 6.73. The molecule has 1 fully saturated rings. The standard InChI is InChI=1S/C21H18N2O6/c1-28-13-9-7-12(8-10-13)17-18(21(27)22(17)11-16(24)29-2)23-19(25)14-5-3-4-6-15(14)20(23)26/h3-10,17-18H,11H2,1-2H3/t17-,18-/m1/s1. The molecule has 8 nitrogen and oxygen atoms in total. The first-order valence-corrected chi connectivity index (χ1v) is 8.96. The summed E-state index contributed by atoms with van der Waals surface area (Å²) in [4.78, 5) is 52.7. The van der Waals surface area contributed by atoms with Crippen LogP contribution in [-0.4, -0.2) is 60.3 Å². The van der Waals surface area contributed by atoms with Crippen molar-refractivity contribution in [3.05, 3.63) is 65.2 Å². The van der Waals surface area contributed by atoms with E-state index in [4.69, 9.17) is 4.74 Å². The van der Waals surface area contributed by atoms with Gasteiger partial charge < -0.3 is 14.4 Å². The normalized spacial score (nSPS) is 20.4. The van der Waals surface area contributed by atoms with E-state index in [0.29, 0.717) is 11.3 Å². The number of β-lactam (4-membered cyclic amide) rings is 1. The number of methoxy groups -OCH3 is 2. The van der Waals surface area contributed by atoms with Crippen molar-refractivity contribution in [1.82, 2.24) is 9.80 Å². The molecule has 1 saturated heterocycles. The summed E-state index contributed by atoms with van der Waals surface area (Å²) < 4.78 is 9.84. The highest BCUT2D eigenvalue weighted by Crippen LogP contribution is 2.41. The van der Waals surface area contributed by atoms with E-state index < -0.39 is 35.8 Å². The molecule has 29 heavy (non-hydrogen) atoms. The number of amides is 3. The molecule has 2 aliphatic heterocycles. The summed E-state index contributed by atoms with van der Waals surface area (Å²) in [5.74, 6) is -1.47. The zero-order valence-corrected chi connectivity index (χ0v) is 15.8. The van der Waals surface area contributed by atoms with Crippen molar-refractivity contribution in [2.45, 2.75) is 12.1 Å². The van der Waals surface area contributed by atoms with Crippen LogP contribution in [0.1, 0.15) is 32.3 Å². The lowest BCUT2D eigenvalue weighted by atomic mass is 9.87. The van der Waals surface area contributed by atoms with Crippen LogP contribution in [0.2, 0.25) is 0 Å². The van der Waals surface area contributed by atoms with Gasteiger partial charge in [-0.25, -0.2) is 0 Å². The van der Waals surface area contributed by atoms with Crippen LogP contribution in [-0.2, 0) is 14.3 Å². The van der Waals surface area contributed by atoms with Gasteiger partial charge in [0.05, 0.1) is 31.4 Å². The summed E-state index contributed by atoms with van der Waals surface area (Å²) in [6.07, 6.45) is 0. The molecular formula is C21H18N2O6. The van der Waals surface area contributed by atoms with Crippen molar-refractivity contribution < 1.29 is 28.7 Å². The molecule has 4 rings (SSSR count). The quantitative estimate of drug-likeness (QED) is 0.433. The maximum Gasteiger partial charge on any atom is 0.325 e. The largest absolute Gasteiger partial charge is 0.497 e. The molecular weight excluding hydrogens is 376 g/mol. The Kier molecular flexibility index (Phi) is 4.54. The number of imide groups is 1. The van der Waals surface area contributed by atoms with Crippen molar-refractivity contribution >= 4 is 23.7 Å². The van der Waals surface area contributed by atoms with Crippen molar-refractivity contribution in [3.63, 3.8) is 0 Å². The molecule has 0 N–H and O–H groups in total. The van der Waals surface area contributed by atoms with E-state index in [-0.39, 0.29) is 17.7 Å². The van der Waals surface area contributed by atoms with E-state index in [0.717, 1.165) is 4.90 Å². The van der Waals surface area contributed by atoms with E-state index in [1.165, 1.54) is 19.1 Å². The Hall–Kier alpha value is -3.68. The van der Waals surface area contributed by atoms with Gasteiger partial charge in [-0.1, -0.05) is 24.3 Å². The molecule has 2 aromatic carbocycles. The predicted octanol–water partition coefficient (Wildman–Crippen LogP) is 1.42. The summed E-state index contributed by atoms with van der Waals surface area (Å²) >= 11 is 0. The minimum atomic E-state index is -1.03. The minimum Gasteiger partial charge on any atom is -0.497 e. The minimum absolute atomic E-state index is 0.269. The van der Waals surface area contributed by atoms with Crippen LogP contribution in [0.15, 0.2) is 48.5 Å². The number of fused-ring (bicyclic) bond motifs is 1. The number of hydrogen-bond acceptors (Lipinski definition) is 6. The average molecular weight is 394 g/mol. The maximum absolute atomic E-state index is 12.9. The zero-order valence-electron chi connectivity index (χ0n) is 15.8. The fraction of sp³-hybridized carbons (Fsp3) is 0.238. The molecule has 0 spiro atoms. The highest BCUT2D eigenvalue weighted by atomic mass is 16.5. The molecule has 2 heterocycles. The van der Waals surface area contributed by atoms with Crippen molar-refractivity contribution in [3.8, 4) is 5.75 Å². The lowest BCUT2D eigenvalue weighted by Gasteiger charge is -2.49. The highest BCUT2D eigenvalue weighted by Gasteiger charge is 2.57. The average Bonchev–Trinajstić information content (AvgIpc) is 3.00. The fourth-order valence-corrected chi connectivity index (χ4v) is 3.79. The van der Waals surface area contributed by atoms with E-state index in [1.54, 1.807) is 48.5 Å². The topological polar surface area (TPSA) is 93.2 Å². The third-order valence-corrected chi connectivity index (χ3v) is 5.26. The van der Waals surface area contributed by atoms with E-state index in [2.05, 4.69) is 4.74 Å². The summed E-state index contributed by atoms with van der Waals surface area (Å²) in [6, 6.07) is 11.7. The monoisotopic (exact) mass is 394 g/mol. The second kappa shape index (κ2) is 7.05. The summed E-state index contributed by atoms with van der Waals surface area (Å²) in [5.41, 5.74) is 1.21. The molecule has 2 aliphatic rings. The van der Waals surface area contributed by atoms with E-state index >= 15 is 0 Å². The Labute approximate surface area is 166 Å². The van der Waals surface area contributed by atoms with Gasteiger partial charge in [0.25, 0.3) is 11.8 Å². The van der Waals surface area contributed by atoms with Crippen LogP contribution in [0.4, 0.5) is 0 Å². The molecule has 0 radical (unpaired) electrons. The van der Waals surface area contributed by atoms with Crippen LogP contribution >= 0.6 is 0 Å². The van der Waals surface area contributed by atoms with Crippen molar-refractivity contribution in [1.29, 1.82) is 0 Å². The molecule has 0 unspecified atom stereocenters. The summed E-state index contributed by atoms with van der Waals surface area (Å²) in [7, 11) is 2.77. The molecule has 0 bridgehead atoms. The number of nitrogens with zero attached hydrogens (tertiary/aromatic N) is 2. The van der Waals surface area contributed by atoms with Crippen LogP contribution in [0, 0.1) is 0 Å². The van der Waals surface area contributed by atoms with Crippen molar-refractivity contribution in [2.75, 3.05) is 20.8 Å². The highest BCUT2D eigenvalue weighted by molar-refractivity contribution is 6.23. The zero-order chi connectivity index (χ0) is 20.7. The second-order valence-electron chi connectivity index (χ2n) is 6.73. The van der Waals surface area contributed by atoms with Gasteiger partial charge in [-0.2, -0.15) is 0 Å². The number of likely N-dealkylation sites (tertiary alicyclic amines) is 1. The molecule has 0 saturated carbocycles. The van der Waals surface area contributed by atoms with Gasteiger partial charge in [0.1, 0.15) is 18.3 Å². The number of rotatable bonds is 5. The number of carbonyl (C=O) groups is 4. The smallest absolute Gasteiger partial charge is 0.325 e. The van der Waals surface area contributed by atoms with Gasteiger partial charge in [-0.05, 0) is 29.8 Å². The third-order valence-electron chi connectivity index (χ3n) is 5.26. The number of benzene rings is 2. The summed E-state index contributed by atoms with van der Waals surface area (Å²) in [6.45, 7) is -0.272. The molecule has 0 aromatic heterocycles. The summed E-state index contributed by atoms with van der Waals surface area (Å²) in [5, 5.41) is 0. The number of ether oxygens (including phenoxy) is 2. The Balaban J connectivity index is 1.71. The van der Waals surface area contributed by atoms with Crippen LogP contribution in [0.5, 0.6) is 5.75 Å². The Morgan fingerprint density at radius 2 is 1.48 bits per heavy atom. The molecule has 2 aromatic rings. The Morgan fingerprint density at radius 1 is 0.897 bits per heavy atom. The SMILES string of the molecule is COC(=O)CN1C(=O)[C@H](N2C(=O)c3ccccc3C2=O)[C@H]1c1ccc(OC)cc1. The first-order valence-electron chi connectivity index (χ1n) is 8.96. The molecule has 148 valence electrons. The van der Waals surface area contributed by atoms with Gasteiger partial charge in [0.15, 0.2) is 0 Å². The third kappa shape index (κ3) is 2.84. The van der Waals surface area contributed by atoms with Gasteiger partial charge >= 0.3 is 5.97 Å². The van der Waals surface area contributed by atoms with E-state index in [9.17, 15) is 19.2 Å². The number of esters is 1. The van der Waals surface area contributed by atoms with Crippen molar-refractivity contribution in [2.24, 2.45) is 0 Å². The predicted molar refractivity (Wildman–Crippen MR) is 100 cm³/mol. The Morgan fingerprint density at radius 3 is 2.00 bits per heavy atom. The maximum atomic E-state index is 12.9. The molecule has 3 amide bonds. The van der Waals surface area contributed by atoms with Gasteiger partial charge in [0, 0.05) is 0 Å². The number of hydrogen-bond donors (Lipinski definition) is 0. The van der Waals surface area contributed by atoms with Gasteiger partial charge in [0.2, 0.25) is 5.91 Å². The molecule has 2 atom stereocenters. The fourth-order valence-electron chi connectivity index (χ4n) is 3.79. The Bertz CT molecular complexity index is 981. The van der Waals surface area contributed by atoms with Gasteiger partial charge in [-0.3, -0.25) is 24.1 Å². The first kappa shape index (κ1) is 18.7. The van der Waals surface area contributed by atoms with Crippen LogP contribution in [0.3, 0.4) is 0 Å². The van der Waals surface area contributed by atoms with Crippen LogP contribution < -0.4 is 4.74 Å². The van der Waals surface area contributed by atoms with E-state index in [1.807, 2.05) is 0 Å².